The first-order valence-electron chi connectivity index (χ1n) is 5.47. The van der Waals surface area contributed by atoms with E-state index in [4.69, 9.17) is 5.73 Å². The maximum absolute atomic E-state index is 12.3. The van der Waals surface area contributed by atoms with Crippen LogP contribution in [0.3, 0.4) is 0 Å². The van der Waals surface area contributed by atoms with Gasteiger partial charge >= 0.3 is 6.18 Å². The highest BCUT2D eigenvalue weighted by Gasteiger charge is 2.32. The van der Waals surface area contributed by atoms with Crippen LogP contribution in [-0.4, -0.2) is 18.4 Å². The summed E-state index contributed by atoms with van der Waals surface area (Å²) < 4.78 is 63.2. The van der Waals surface area contributed by atoms with Crippen molar-refractivity contribution in [1.82, 2.24) is 9.97 Å². The van der Waals surface area contributed by atoms with Crippen molar-refractivity contribution in [2.75, 3.05) is 10.5 Å². The number of nitrogen functional groups attached to an aromatic ring is 1. The number of nitrogens with zero attached hydrogens (tertiary/aromatic N) is 2. The van der Waals surface area contributed by atoms with Gasteiger partial charge in [0.05, 0.1) is 11.9 Å². The van der Waals surface area contributed by atoms with Crippen LogP contribution in [0.2, 0.25) is 0 Å². The minimum absolute atomic E-state index is 0.119. The summed E-state index contributed by atoms with van der Waals surface area (Å²) in [5.74, 6) is -0.218. The van der Waals surface area contributed by atoms with E-state index < -0.39 is 21.9 Å². The van der Waals surface area contributed by atoms with Crippen LogP contribution in [0.1, 0.15) is 5.69 Å². The summed E-state index contributed by atoms with van der Waals surface area (Å²) in [4.78, 5) is 6.51. The van der Waals surface area contributed by atoms with Gasteiger partial charge in [-0.1, -0.05) is 0 Å². The maximum atomic E-state index is 12.3. The molecule has 2 rings (SSSR count). The molecule has 0 fully saturated rings. The smallest absolute Gasteiger partial charge is 0.383 e. The van der Waals surface area contributed by atoms with Crippen molar-refractivity contribution in [3.63, 3.8) is 0 Å². The van der Waals surface area contributed by atoms with Crippen LogP contribution in [0, 0.1) is 0 Å². The lowest BCUT2D eigenvalue weighted by Gasteiger charge is -2.10. The molecule has 3 N–H and O–H groups in total. The molecule has 0 radical (unpaired) electrons. The van der Waals surface area contributed by atoms with Crippen LogP contribution in [0.5, 0.6) is 0 Å². The number of nitrogens with two attached hydrogens (primary N) is 1. The van der Waals surface area contributed by atoms with Crippen molar-refractivity contribution in [1.29, 1.82) is 0 Å². The summed E-state index contributed by atoms with van der Waals surface area (Å²) in [5.41, 5.74) is 4.21. The van der Waals surface area contributed by atoms with E-state index in [1.54, 1.807) is 0 Å². The third-order valence-electron chi connectivity index (χ3n) is 2.40. The molecule has 0 saturated carbocycles. The van der Waals surface area contributed by atoms with Gasteiger partial charge in [0.1, 0.15) is 16.4 Å². The molecule has 21 heavy (non-hydrogen) atoms. The minimum Gasteiger partial charge on any atom is -0.383 e. The molecule has 2 aromatic heterocycles. The molecule has 112 valence electrons. The summed E-state index contributed by atoms with van der Waals surface area (Å²) in [6, 6.07) is 4.22. The molecule has 0 aliphatic heterocycles. The molecule has 0 spiro atoms. The Bertz CT molecular complexity index is 745. The highest BCUT2D eigenvalue weighted by molar-refractivity contribution is 7.92. The Balaban J connectivity index is 2.28. The zero-order valence-corrected chi connectivity index (χ0v) is 11.1. The molecule has 0 atom stereocenters. The van der Waals surface area contributed by atoms with Gasteiger partial charge in [-0.3, -0.25) is 4.72 Å². The number of hydrogen-bond acceptors (Lipinski definition) is 5. The molecule has 0 unspecified atom stereocenters. The SMILES string of the molecule is Nc1ncccc1S(=O)(=O)Nc1ccc(C(F)(F)F)nc1. The zero-order chi connectivity index (χ0) is 15.7. The van der Waals surface area contributed by atoms with Gasteiger partial charge in [0, 0.05) is 6.20 Å². The van der Waals surface area contributed by atoms with E-state index in [-0.39, 0.29) is 16.4 Å². The molecule has 0 aliphatic carbocycles. The van der Waals surface area contributed by atoms with E-state index in [0.29, 0.717) is 6.07 Å². The minimum atomic E-state index is -4.59. The van der Waals surface area contributed by atoms with E-state index in [1.165, 1.54) is 18.3 Å². The van der Waals surface area contributed by atoms with Crippen LogP contribution in [0.15, 0.2) is 41.6 Å². The molecule has 2 heterocycles. The van der Waals surface area contributed by atoms with Crippen molar-refractivity contribution in [2.24, 2.45) is 0 Å². The van der Waals surface area contributed by atoms with E-state index in [9.17, 15) is 21.6 Å². The van der Waals surface area contributed by atoms with E-state index in [0.717, 1.165) is 12.3 Å². The number of pyridine rings is 2. The van der Waals surface area contributed by atoms with Crippen LogP contribution in [-0.2, 0) is 16.2 Å². The molecule has 0 saturated heterocycles. The number of halogens is 3. The first-order chi connectivity index (χ1) is 9.70. The summed E-state index contributed by atoms with van der Waals surface area (Å²) >= 11 is 0. The fourth-order valence-electron chi connectivity index (χ4n) is 1.46. The molecule has 0 amide bonds. The summed E-state index contributed by atoms with van der Waals surface area (Å²) in [6.45, 7) is 0. The van der Waals surface area contributed by atoms with Crippen molar-refractivity contribution in [3.8, 4) is 0 Å². The van der Waals surface area contributed by atoms with Crippen molar-refractivity contribution in [2.45, 2.75) is 11.1 Å². The Morgan fingerprint density at radius 3 is 2.38 bits per heavy atom. The van der Waals surface area contributed by atoms with Gasteiger partial charge in [0.2, 0.25) is 0 Å². The van der Waals surface area contributed by atoms with E-state index in [2.05, 4.69) is 14.7 Å². The Morgan fingerprint density at radius 2 is 1.86 bits per heavy atom. The Morgan fingerprint density at radius 1 is 1.14 bits per heavy atom. The second-order valence-electron chi connectivity index (χ2n) is 3.92. The number of hydrogen-bond donors (Lipinski definition) is 2. The van der Waals surface area contributed by atoms with Gasteiger partial charge in [0.15, 0.2) is 0 Å². The zero-order valence-electron chi connectivity index (χ0n) is 10.3. The normalized spacial score (nSPS) is 12.1. The lowest BCUT2D eigenvalue weighted by Crippen LogP contribution is -2.16. The summed E-state index contributed by atoms with van der Waals surface area (Å²) in [7, 11) is -4.05. The van der Waals surface area contributed by atoms with Gasteiger partial charge in [-0.15, -0.1) is 0 Å². The van der Waals surface area contributed by atoms with Crippen molar-refractivity contribution in [3.05, 3.63) is 42.4 Å². The average Bonchev–Trinajstić information content (AvgIpc) is 2.38. The van der Waals surface area contributed by atoms with Crippen LogP contribution < -0.4 is 10.5 Å². The monoisotopic (exact) mass is 318 g/mol. The topological polar surface area (TPSA) is 98.0 Å². The first kappa shape index (κ1) is 15.0. The lowest BCUT2D eigenvalue weighted by molar-refractivity contribution is -0.141. The summed E-state index contributed by atoms with van der Waals surface area (Å²) in [5, 5.41) is 0. The molecule has 0 aliphatic rings. The van der Waals surface area contributed by atoms with Gasteiger partial charge in [-0.2, -0.15) is 13.2 Å². The third-order valence-corrected chi connectivity index (χ3v) is 3.82. The molecule has 0 bridgehead atoms. The Kier molecular flexibility index (Phi) is 3.73. The number of nitrogens with one attached hydrogen (secondary N) is 1. The van der Waals surface area contributed by atoms with Gasteiger partial charge in [-0.05, 0) is 24.3 Å². The second-order valence-corrected chi connectivity index (χ2v) is 5.57. The van der Waals surface area contributed by atoms with Gasteiger partial charge < -0.3 is 5.73 Å². The summed E-state index contributed by atoms with van der Waals surface area (Å²) in [6.07, 6.45) is -2.51. The molecule has 0 aromatic carbocycles. The molecular formula is C11H9F3N4O2S. The van der Waals surface area contributed by atoms with Crippen LogP contribution in [0.25, 0.3) is 0 Å². The highest BCUT2D eigenvalue weighted by atomic mass is 32.2. The van der Waals surface area contributed by atoms with Gasteiger partial charge in [0.25, 0.3) is 10.0 Å². The predicted octanol–water partition coefficient (Wildman–Crippen LogP) is 1.88. The van der Waals surface area contributed by atoms with Crippen molar-refractivity contribution >= 4 is 21.5 Å². The second kappa shape index (κ2) is 5.20. The largest absolute Gasteiger partial charge is 0.433 e. The quantitative estimate of drug-likeness (QED) is 0.900. The Labute approximate surface area is 117 Å². The number of alkyl halides is 3. The lowest BCUT2D eigenvalue weighted by atomic mass is 10.3. The maximum Gasteiger partial charge on any atom is 0.433 e. The first-order valence-corrected chi connectivity index (χ1v) is 6.95. The van der Waals surface area contributed by atoms with Crippen LogP contribution in [0.4, 0.5) is 24.7 Å². The number of sulfonamides is 1. The predicted molar refractivity (Wildman–Crippen MR) is 68.7 cm³/mol. The highest BCUT2D eigenvalue weighted by Crippen LogP contribution is 2.28. The van der Waals surface area contributed by atoms with Crippen molar-refractivity contribution < 1.29 is 21.6 Å². The Hall–Kier alpha value is -2.36. The third kappa shape index (κ3) is 3.40. The molecule has 6 nitrogen and oxygen atoms in total. The van der Waals surface area contributed by atoms with E-state index in [1.807, 2.05) is 0 Å². The standard InChI is InChI=1S/C11H9F3N4O2S/c12-11(13,14)9-4-3-7(6-17-9)18-21(19,20)8-2-1-5-16-10(8)15/h1-6,18H,(H2,15,16). The molecular weight excluding hydrogens is 309 g/mol. The van der Waals surface area contributed by atoms with E-state index >= 15 is 0 Å². The fraction of sp³-hybridized carbons (Fsp3) is 0.0909. The number of aromatic nitrogens is 2. The number of rotatable bonds is 3. The fourth-order valence-corrected chi connectivity index (χ4v) is 2.59. The average molecular weight is 318 g/mol. The molecule has 10 heteroatoms. The van der Waals surface area contributed by atoms with Gasteiger partial charge in [-0.25, -0.2) is 18.4 Å². The molecule has 2 aromatic rings. The van der Waals surface area contributed by atoms with Crippen LogP contribution >= 0.6 is 0 Å². The number of anilines is 2.